The number of benzene rings is 1. The van der Waals surface area contributed by atoms with Crippen molar-refractivity contribution >= 4 is 22.5 Å². The Balaban J connectivity index is 2.11. The van der Waals surface area contributed by atoms with E-state index in [0.29, 0.717) is 22.7 Å². The number of nitrogens with one attached hydrogen (secondary N) is 1. The third-order valence-electron chi connectivity index (χ3n) is 3.08. The second-order valence-corrected chi connectivity index (χ2v) is 4.74. The molecule has 0 saturated heterocycles. The zero-order chi connectivity index (χ0) is 15.7. The topological polar surface area (TPSA) is 50.7 Å². The van der Waals surface area contributed by atoms with E-state index in [0.717, 1.165) is 12.1 Å². The molecule has 0 unspecified atom stereocenters. The first-order chi connectivity index (χ1) is 10.4. The molecule has 2 aromatic heterocycles. The lowest BCUT2D eigenvalue weighted by molar-refractivity contribution is -0.137. The van der Waals surface area contributed by atoms with Gasteiger partial charge in [-0.25, -0.2) is 9.97 Å². The molecular weight excluding hydrogens is 293 g/mol. The summed E-state index contributed by atoms with van der Waals surface area (Å²) < 4.78 is 38.4. The number of hydrogen-bond acceptors (Lipinski definition) is 4. The predicted octanol–water partition coefficient (Wildman–Crippen LogP) is 4.10. The monoisotopic (exact) mass is 304 g/mol. The lowest BCUT2D eigenvalue weighted by Gasteiger charge is -2.12. The minimum Gasteiger partial charge on any atom is -0.323 e. The van der Waals surface area contributed by atoms with Crippen molar-refractivity contribution < 1.29 is 13.2 Å². The van der Waals surface area contributed by atoms with Gasteiger partial charge < -0.3 is 5.32 Å². The van der Waals surface area contributed by atoms with Crippen LogP contribution in [0.4, 0.5) is 24.8 Å². The van der Waals surface area contributed by atoms with Gasteiger partial charge in [0.15, 0.2) is 0 Å². The molecule has 22 heavy (non-hydrogen) atoms. The molecule has 3 rings (SSSR count). The highest BCUT2D eigenvalue weighted by atomic mass is 19.4. The molecule has 0 atom stereocenters. The molecule has 7 heteroatoms. The summed E-state index contributed by atoms with van der Waals surface area (Å²) in [6, 6.07) is 6.90. The van der Waals surface area contributed by atoms with Crippen molar-refractivity contribution in [2.45, 2.75) is 13.1 Å². The smallest absolute Gasteiger partial charge is 0.323 e. The quantitative estimate of drug-likeness (QED) is 0.774. The van der Waals surface area contributed by atoms with Gasteiger partial charge in [0.05, 0.1) is 16.8 Å². The van der Waals surface area contributed by atoms with Crippen molar-refractivity contribution in [3.05, 3.63) is 54.0 Å². The van der Waals surface area contributed by atoms with Crippen molar-refractivity contribution in [2.24, 2.45) is 0 Å². The number of fused-ring (bicyclic) bond motifs is 1. The molecule has 0 fully saturated rings. The Morgan fingerprint density at radius 1 is 1.05 bits per heavy atom. The number of anilines is 2. The van der Waals surface area contributed by atoms with E-state index < -0.39 is 11.7 Å². The summed E-state index contributed by atoms with van der Waals surface area (Å²) in [5.41, 5.74) is 0.765. The van der Waals surface area contributed by atoms with Gasteiger partial charge >= 0.3 is 6.18 Å². The molecule has 0 aliphatic carbocycles. The first-order valence-electron chi connectivity index (χ1n) is 6.46. The molecular formula is C15H11F3N4. The fourth-order valence-corrected chi connectivity index (χ4v) is 2.12. The molecule has 112 valence electrons. The number of rotatable bonds is 2. The number of hydrogen-bond donors (Lipinski definition) is 1. The van der Waals surface area contributed by atoms with Gasteiger partial charge in [-0.05, 0) is 31.2 Å². The predicted molar refractivity (Wildman–Crippen MR) is 76.8 cm³/mol. The maximum absolute atomic E-state index is 12.8. The van der Waals surface area contributed by atoms with Crippen LogP contribution in [0.15, 0.2) is 42.7 Å². The van der Waals surface area contributed by atoms with Gasteiger partial charge in [0, 0.05) is 23.5 Å². The van der Waals surface area contributed by atoms with Crippen LogP contribution in [0.3, 0.4) is 0 Å². The Kier molecular flexibility index (Phi) is 3.40. The van der Waals surface area contributed by atoms with E-state index in [-0.39, 0.29) is 5.52 Å². The zero-order valence-electron chi connectivity index (χ0n) is 11.5. The Morgan fingerprint density at radius 2 is 1.77 bits per heavy atom. The highest BCUT2D eigenvalue weighted by molar-refractivity contribution is 5.93. The van der Waals surface area contributed by atoms with Crippen LogP contribution < -0.4 is 5.32 Å². The Morgan fingerprint density at radius 3 is 2.45 bits per heavy atom. The van der Waals surface area contributed by atoms with Gasteiger partial charge in [0.25, 0.3) is 0 Å². The molecule has 0 saturated carbocycles. The van der Waals surface area contributed by atoms with Gasteiger partial charge in [0.1, 0.15) is 0 Å². The van der Waals surface area contributed by atoms with Crippen molar-refractivity contribution in [3.63, 3.8) is 0 Å². The van der Waals surface area contributed by atoms with Crippen LogP contribution in [0.5, 0.6) is 0 Å². The normalized spacial score (nSPS) is 11.6. The average molecular weight is 304 g/mol. The van der Waals surface area contributed by atoms with E-state index in [1.165, 1.54) is 6.07 Å². The van der Waals surface area contributed by atoms with Crippen LogP contribution in [-0.2, 0) is 6.18 Å². The Bertz CT molecular complexity index is 816. The molecule has 4 nitrogen and oxygen atoms in total. The zero-order valence-corrected chi connectivity index (χ0v) is 11.5. The standard InChI is InChI=1S/C15H11F3N4/c1-9-7-12(22-14-19-5-2-6-20-14)11-4-3-10(15(16,17)18)8-13(11)21-9/h2-8H,1H3,(H,19,20,21,22). The molecule has 1 aromatic carbocycles. The Hall–Kier alpha value is -2.70. The van der Waals surface area contributed by atoms with Gasteiger partial charge in [-0.2, -0.15) is 13.2 Å². The van der Waals surface area contributed by atoms with Crippen LogP contribution in [0.1, 0.15) is 11.3 Å². The molecule has 0 aliphatic rings. The van der Waals surface area contributed by atoms with Crippen molar-refractivity contribution in [3.8, 4) is 0 Å². The van der Waals surface area contributed by atoms with Crippen LogP contribution >= 0.6 is 0 Å². The summed E-state index contributed by atoms with van der Waals surface area (Å²) in [6.45, 7) is 1.72. The molecule has 0 bridgehead atoms. The van der Waals surface area contributed by atoms with Gasteiger partial charge in [0.2, 0.25) is 5.95 Å². The number of alkyl halides is 3. The van der Waals surface area contributed by atoms with E-state index in [1.54, 1.807) is 31.5 Å². The van der Waals surface area contributed by atoms with E-state index in [1.807, 2.05) is 0 Å². The third-order valence-corrected chi connectivity index (χ3v) is 3.08. The lowest BCUT2D eigenvalue weighted by atomic mass is 10.1. The number of halogens is 3. The van der Waals surface area contributed by atoms with Crippen molar-refractivity contribution in [1.82, 2.24) is 15.0 Å². The first kappa shape index (κ1) is 14.2. The molecule has 1 N–H and O–H groups in total. The summed E-state index contributed by atoms with van der Waals surface area (Å²) in [4.78, 5) is 12.3. The highest BCUT2D eigenvalue weighted by Gasteiger charge is 2.30. The van der Waals surface area contributed by atoms with Crippen molar-refractivity contribution in [1.29, 1.82) is 0 Å². The fraction of sp³-hybridized carbons (Fsp3) is 0.133. The first-order valence-corrected chi connectivity index (χ1v) is 6.46. The second kappa shape index (κ2) is 5.25. The average Bonchev–Trinajstić information content (AvgIpc) is 2.46. The molecule has 2 heterocycles. The van der Waals surface area contributed by atoms with Crippen LogP contribution in [0, 0.1) is 6.92 Å². The SMILES string of the molecule is Cc1cc(Nc2ncccn2)c2ccc(C(F)(F)F)cc2n1. The minimum absolute atomic E-state index is 0.272. The van der Waals surface area contributed by atoms with Gasteiger partial charge in [-0.15, -0.1) is 0 Å². The van der Waals surface area contributed by atoms with Crippen LogP contribution in [-0.4, -0.2) is 15.0 Å². The molecule has 0 amide bonds. The molecule has 0 aliphatic heterocycles. The molecule has 0 radical (unpaired) electrons. The summed E-state index contributed by atoms with van der Waals surface area (Å²) in [5, 5.41) is 3.58. The van der Waals surface area contributed by atoms with E-state index >= 15 is 0 Å². The van der Waals surface area contributed by atoms with Crippen LogP contribution in [0.2, 0.25) is 0 Å². The number of nitrogens with zero attached hydrogens (tertiary/aromatic N) is 3. The van der Waals surface area contributed by atoms with E-state index in [4.69, 9.17) is 0 Å². The maximum Gasteiger partial charge on any atom is 0.416 e. The summed E-state index contributed by atoms with van der Waals surface area (Å²) in [5.74, 6) is 0.370. The summed E-state index contributed by atoms with van der Waals surface area (Å²) >= 11 is 0. The number of pyridine rings is 1. The molecule has 3 aromatic rings. The van der Waals surface area contributed by atoms with E-state index in [2.05, 4.69) is 20.3 Å². The lowest BCUT2D eigenvalue weighted by Crippen LogP contribution is -2.05. The third kappa shape index (κ3) is 2.83. The largest absolute Gasteiger partial charge is 0.416 e. The number of aromatic nitrogens is 3. The Labute approximate surface area is 124 Å². The summed E-state index contributed by atoms with van der Waals surface area (Å²) in [7, 11) is 0. The van der Waals surface area contributed by atoms with Crippen molar-refractivity contribution in [2.75, 3.05) is 5.32 Å². The van der Waals surface area contributed by atoms with Gasteiger partial charge in [-0.3, -0.25) is 4.98 Å². The second-order valence-electron chi connectivity index (χ2n) is 4.74. The highest BCUT2D eigenvalue weighted by Crippen LogP contribution is 2.33. The summed E-state index contributed by atoms with van der Waals surface area (Å²) in [6.07, 6.45) is -1.24. The maximum atomic E-state index is 12.8. The van der Waals surface area contributed by atoms with E-state index in [9.17, 15) is 13.2 Å². The minimum atomic E-state index is -4.39. The van der Waals surface area contributed by atoms with Gasteiger partial charge in [-0.1, -0.05) is 6.07 Å². The molecule has 0 spiro atoms. The number of aryl methyl sites for hydroxylation is 1. The van der Waals surface area contributed by atoms with Crippen LogP contribution in [0.25, 0.3) is 10.9 Å². The fourth-order valence-electron chi connectivity index (χ4n) is 2.12.